The van der Waals surface area contributed by atoms with Crippen molar-refractivity contribution >= 4 is 16.7 Å². The van der Waals surface area contributed by atoms with Crippen molar-refractivity contribution < 1.29 is 13.9 Å². The molecule has 0 amide bonds. The maximum Gasteiger partial charge on any atom is 0.252 e. The van der Waals surface area contributed by atoms with E-state index in [9.17, 15) is 4.79 Å². The first-order chi connectivity index (χ1) is 17.0. The predicted molar refractivity (Wildman–Crippen MR) is 134 cm³/mol. The Morgan fingerprint density at radius 2 is 2.00 bits per heavy atom. The van der Waals surface area contributed by atoms with Crippen LogP contribution in [-0.4, -0.2) is 50.2 Å². The van der Waals surface area contributed by atoms with Gasteiger partial charge in [-0.25, -0.2) is 4.39 Å². The SMILES string of the molecule is CC(c1ccc2c(c1F)OC(C)(C)O2)N1C[C@H](C)N(c2cc(=O)n(C)c3cn(CC#N)nc23)C[C@H]1C. The van der Waals surface area contributed by atoms with E-state index in [2.05, 4.69) is 34.8 Å². The maximum atomic E-state index is 15.5. The van der Waals surface area contributed by atoms with Gasteiger partial charge in [-0.1, -0.05) is 6.07 Å². The van der Waals surface area contributed by atoms with Crippen LogP contribution in [0.3, 0.4) is 0 Å². The largest absolute Gasteiger partial charge is 0.449 e. The first-order valence-corrected chi connectivity index (χ1v) is 12.2. The van der Waals surface area contributed by atoms with E-state index in [0.717, 1.165) is 5.69 Å². The Balaban J connectivity index is 1.44. The van der Waals surface area contributed by atoms with Gasteiger partial charge in [-0.15, -0.1) is 0 Å². The number of aryl methyl sites for hydroxylation is 1. The van der Waals surface area contributed by atoms with Crippen molar-refractivity contribution in [1.29, 1.82) is 5.26 Å². The molecule has 36 heavy (non-hydrogen) atoms. The second kappa shape index (κ2) is 8.52. The second-order valence-corrected chi connectivity index (χ2v) is 10.3. The van der Waals surface area contributed by atoms with Crippen LogP contribution < -0.4 is 19.9 Å². The molecule has 3 aromatic rings. The molecular formula is C26H31FN6O3. The summed E-state index contributed by atoms with van der Waals surface area (Å²) in [5, 5.41) is 13.7. The zero-order chi connectivity index (χ0) is 25.9. The van der Waals surface area contributed by atoms with E-state index in [-0.39, 0.29) is 41.8 Å². The predicted octanol–water partition coefficient (Wildman–Crippen LogP) is 3.57. The first kappa shape index (κ1) is 24.1. The Morgan fingerprint density at radius 3 is 2.72 bits per heavy atom. The Bertz CT molecular complexity index is 1440. The first-order valence-electron chi connectivity index (χ1n) is 12.2. The van der Waals surface area contributed by atoms with E-state index >= 15 is 4.39 Å². The normalized spacial score (nSPS) is 22.1. The summed E-state index contributed by atoms with van der Waals surface area (Å²) in [4.78, 5) is 17.2. The molecule has 4 heterocycles. The van der Waals surface area contributed by atoms with Crippen molar-refractivity contribution in [3.05, 3.63) is 46.1 Å². The fourth-order valence-corrected chi connectivity index (χ4v) is 5.40. The average molecular weight is 495 g/mol. The Morgan fingerprint density at radius 1 is 1.25 bits per heavy atom. The number of aromatic nitrogens is 3. The molecular weight excluding hydrogens is 463 g/mol. The van der Waals surface area contributed by atoms with Gasteiger partial charge < -0.3 is 18.9 Å². The van der Waals surface area contributed by atoms with E-state index in [0.29, 0.717) is 35.4 Å². The molecule has 10 heteroatoms. The number of fused-ring (bicyclic) bond motifs is 2. The van der Waals surface area contributed by atoms with Crippen molar-refractivity contribution in [2.24, 2.45) is 7.05 Å². The van der Waals surface area contributed by atoms with Crippen LogP contribution in [0, 0.1) is 17.1 Å². The number of anilines is 1. The van der Waals surface area contributed by atoms with E-state index in [1.807, 2.05) is 6.92 Å². The molecule has 0 N–H and O–H groups in total. The van der Waals surface area contributed by atoms with Gasteiger partial charge in [0.15, 0.2) is 11.6 Å². The van der Waals surface area contributed by atoms with E-state index < -0.39 is 5.79 Å². The standard InChI is InChI=1S/C26H31FN6O3/c1-15-13-33(19-11-22(34)30(6)20-14-31(10-9-28)29-24(19)20)16(2)12-32(15)17(3)18-7-8-21-25(23(18)27)36-26(4,5)35-21/h7-8,11,14-17H,10,12-13H2,1-6H3/t15-,16+,17?/m1/s1. The lowest BCUT2D eigenvalue weighted by Crippen LogP contribution is -2.57. The van der Waals surface area contributed by atoms with Gasteiger partial charge in [0.2, 0.25) is 11.5 Å². The number of ether oxygens (including phenoxy) is 2. The van der Waals surface area contributed by atoms with E-state index in [4.69, 9.17) is 14.7 Å². The van der Waals surface area contributed by atoms with Crippen LogP contribution in [0.15, 0.2) is 29.2 Å². The minimum absolute atomic E-state index is 0.0380. The van der Waals surface area contributed by atoms with Crippen LogP contribution in [0.2, 0.25) is 0 Å². The molecule has 2 aliphatic heterocycles. The molecule has 1 saturated heterocycles. The molecule has 1 unspecified atom stereocenters. The third kappa shape index (κ3) is 3.88. The van der Waals surface area contributed by atoms with Gasteiger partial charge in [0.05, 0.1) is 23.5 Å². The zero-order valence-corrected chi connectivity index (χ0v) is 21.4. The van der Waals surface area contributed by atoms with Crippen LogP contribution in [0.5, 0.6) is 11.5 Å². The molecule has 3 atom stereocenters. The highest BCUT2D eigenvalue weighted by Crippen LogP contribution is 2.44. The molecule has 0 radical (unpaired) electrons. The fourth-order valence-electron chi connectivity index (χ4n) is 5.40. The highest BCUT2D eigenvalue weighted by Gasteiger charge is 2.38. The summed E-state index contributed by atoms with van der Waals surface area (Å²) in [5.41, 5.74) is 2.57. The highest BCUT2D eigenvalue weighted by molar-refractivity contribution is 5.88. The topological polar surface area (TPSA) is 88.5 Å². The van der Waals surface area contributed by atoms with E-state index in [1.54, 1.807) is 54.5 Å². The Labute approximate surface area is 209 Å². The van der Waals surface area contributed by atoms with Crippen molar-refractivity contribution in [3.63, 3.8) is 0 Å². The van der Waals surface area contributed by atoms with Gasteiger partial charge in [0, 0.05) is 63.7 Å². The lowest BCUT2D eigenvalue weighted by molar-refractivity contribution is -0.0445. The quantitative estimate of drug-likeness (QED) is 0.548. The number of hydrogen-bond acceptors (Lipinski definition) is 7. The monoisotopic (exact) mass is 494 g/mol. The minimum Gasteiger partial charge on any atom is -0.449 e. The Hall–Kier alpha value is -3.58. The number of piperazine rings is 1. The molecule has 1 fully saturated rings. The van der Waals surface area contributed by atoms with Crippen molar-refractivity contribution in [2.75, 3.05) is 18.0 Å². The molecule has 190 valence electrons. The fraction of sp³-hybridized carbons (Fsp3) is 0.500. The number of nitriles is 1. The number of rotatable bonds is 4. The van der Waals surface area contributed by atoms with Crippen molar-refractivity contribution in [2.45, 2.75) is 65.1 Å². The van der Waals surface area contributed by atoms with Crippen LogP contribution in [0.1, 0.15) is 46.2 Å². The summed E-state index contributed by atoms with van der Waals surface area (Å²) in [5.74, 6) is -0.690. The van der Waals surface area contributed by atoms with Crippen LogP contribution >= 0.6 is 0 Å². The number of nitrogens with zero attached hydrogens (tertiary/aromatic N) is 6. The summed E-state index contributed by atoms with van der Waals surface area (Å²) in [6.45, 7) is 11.1. The highest BCUT2D eigenvalue weighted by atomic mass is 19.1. The summed E-state index contributed by atoms with van der Waals surface area (Å²) < 4.78 is 30.0. The number of hydrogen-bond donors (Lipinski definition) is 0. The van der Waals surface area contributed by atoms with Gasteiger partial charge >= 0.3 is 0 Å². The molecule has 0 aliphatic carbocycles. The molecule has 2 aliphatic rings. The average Bonchev–Trinajstić information content (AvgIpc) is 3.38. The zero-order valence-electron chi connectivity index (χ0n) is 21.4. The molecule has 0 spiro atoms. The molecule has 0 saturated carbocycles. The third-order valence-electron chi connectivity index (χ3n) is 7.26. The van der Waals surface area contributed by atoms with Gasteiger partial charge in [0.1, 0.15) is 12.1 Å². The summed E-state index contributed by atoms with van der Waals surface area (Å²) in [7, 11) is 1.71. The van der Waals surface area contributed by atoms with Crippen LogP contribution in [0.4, 0.5) is 10.1 Å². The lowest BCUT2D eigenvalue weighted by atomic mass is 9.99. The van der Waals surface area contributed by atoms with Gasteiger partial charge in [-0.3, -0.25) is 14.4 Å². The third-order valence-corrected chi connectivity index (χ3v) is 7.26. The number of pyridine rings is 1. The minimum atomic E-state index is -0.892. The molecule has 1 aromatic carbocycles. The molecule has 0 bridgehead atoms. The van der Waals surface area contributed by atoms with E-state index in [1.165, 1.54) is 0 Å². The molecule has 9 nitrogen and oxygen atoms in total. The number of benzene rings is 1. The summed E-state index contributed by atoms with van der Waals surface area (Å²) >= 11 is 0. The van der Waals surface area contributed by atoms with Crippen LogP contribution in [0.25, 0.3) is 11.0 Å². The maximum absolute atomic E-state index is 15.5. The summed E-state index contributed by atoms with van der Waals surface area (Å²) in [6.07, 6.45) is 1.74. The van der Waals surface area contributed by atoms with Crippen molar-refractivity contribution in [3.8, 4) is 17.6 Å². The van der Waals surface area contributed by atoms with Crippen LogP contribution in [-0.2, 0) is 13.6 Å². The van der Waals surface area contributed by atoms with Gasteiger partial charge in [-0.05, 0) is 26.8 Å². The number of halogens is 1. The smallest absolute Gasteiger partial charge is 0.252 e. The van der Waals surface area contributed by atoms with Gasteiger partial charge in [-0.2, -0.15) is 10.4 Å². The second-order valence-electron chi connectivity index (χ2n) is 10.3. The summed E-state index contributed by atoms with van der Waals surface area (Å²) in [6, 6.07) is 7.18. The molecule has 5 rings (SSSR count). The molecule has 2 aromatic heterocycles. The Kier molecular flexibility index (Phi) is 5.71. The van der Waals surface area contributed by atoms with Gasteiger partial charge in [0.25, 0.3) is 5.56 Å². The van der Waals surface area contributed by atoms with Crippen molar-refractivity contribution in [1.82, 2.24) is 19.2 Å². The lowest BCUT2D eigenvalue weighted by Gasteiger charge is -2.47.